The lowest BCUT2D eigenvalue weighted by Gasteiger charge is -2.28. The van der Waals surface area contributed by atoms with E-state index in [2.05, 4.69) is 21.3 Å². The maximum absolute atomic E-state index is 12.5. The number of amides is 1. The van der Waals surface area contributed by atoms with E-state index in [9.17, 15) is 14.9 Å². The lowest BCUT2D eigenvalue weighted by Crippen LogP contribution is -2.36. The number of ether oxygens (including phenoxy) is 1. The van der Waals surface area contributed by atoms with Crippen molar-refractivity contribution < 1.29 is 14.5 Å². The first-order chi connectivity index (χ1) is 13.5. The maximum atomic E-state index is 12.5. The summed E-state index contributed by atoms with van der Waals surface area (Å²) in [5, 5.41) is 14.2. The second-order valence-corrected chi connectivity index (χ2v) is 7.51. The molecule has 3 aromatic rings. The average molecular weight is 398 g/mol. The zero-order valence-electron chi connectivity index (χ0n) is 15.2. The largest absolute Gasteiger partial charge is 0.378 e. The van der Waals surface area contributed by atoms with Crippen molar-refractivity contribution in [1.82, 2.24) is 4.98 Å². The predicted octanol–water partition coefficient (Wildman–Crippen LogP) is 3.60. The Morgan fingerprint density at radius 1 is 1.25 bits per heavy atom. The van der Waals surface area contributed by atoms with Gasteiger partial charge < -0.3 is 9.64 Å². The SMILES string of the molecule is Cc1cc(C(=O)Nc2nc3ccc(N4CCOCC4)cc3s2)ccc1[N+](=O)[O-]. The number of aromatic nitrogens is 1. The van der Waals surface area contributed by atoms with E-state index >= 15 is 0 Å². The summed E-state index contributed by atoms with van der Waals surface area (Å²) in [4.78, 5) is 29.7. The molecule has 1 aliphatic heterocycles. The average Bonchev–Trinajstić information content (AvgIpc) is 3.09. The molecule has 8 nitrogen and oxygen atoms in total. The quantitative estimate of drug-likeness (QED) is 0.533. The van der Waals surface area contributed by atoms with Gasteiger partial charge in [0.15, 0.2) is 5.13 Å². The van der Waals surface area contributed by atoms with Crippen molar-refractivity contribution in [2.45, 2.75) is 6.92 Å². The third-order valence-corrected chi connectivity index (χ3v) is 5.56. The molecule has 28 heavy (non-hydrogen) atoms. The minimum atomic E-state index is -0.462. The molecule has 0 unspecified atom stereocenters. The zero-order chi connectivity index (χ0) is 19.7. The minimum absolute atomic E-state index is 0.00724. The Kier molecular flexibility index (Phi) is 4.93. The smallest absolute Gasteiger partial charge is 0.272 e. The van der Waals surface area contributed by atoms with Crippen LogP contribution in [0.5, 0.6) is 0 Å². The van der Waals surface area contributed by atoms with Crippen molar-refractivity contribution in [1.29, 1.82) is 0 Å². The highest BCUT2D eigenvalue weighted by Crippen LogP contribution is 2.30. The molecular weight excluding hydrogens is 380 g/mol. The Balaban J connectivity index is 1.53. The number of carbonyl (C=O) groups excluding carboxylic acids is 1. The summed E-state index contributed by atoms with van der Waals surface area (Å²) in [6.07, 6.45) is 0. The van der Waals surface area contributed by atoms with Gasteiger partial charge in [-0.1, -0.05) is 11.3 Å². The van der Waals surface area contributed by atoms with Crippen LogP contribution in [0.25, 0.3) is 10.2 Å². The monoisotopic (exact) mass is 398 g/mol. The lowest BCUT2D eigenvalue weighted by atomic mass is 10.1. The van der Waals surface area contributed by atoms with Crippen LogP contribution in [-0.4, -0.2) is 42.1 Å². The third-order valence-electron chi connectivity index (χ3n) is 4.62. The number of hydrogen-bond donors (Lipinski definition) is 1. The summed E-state index contributed by atoms with van der Waals surface area (Å²) in [5.41, 5.74) is 2.72. The molecular formula is C19H18N4O4S. The minimum Gasteiger partial charge on any atom is -0.378 e. The van der Waals surface area contributed by atoms with Crippen LogP contribution in [0.15, 0.2) is 36.4 Å². The van der Waals surface area contributed by atoms with E-state index in [4.69, 9.17) is 4.74 Å². The van der Waals surface area contributed by atoms with Crippen LogP contribution in [0.1, 0.15) is 15.9 Å². The van der Waals surface area contributed by atoms with Gasteiger partial charge in [0.25, 0.3) is 11.6 Å². The van der Waals surface area contributed by atoms with Gasteiger partial charge >= 0.3 is 0 Å². The Morgan fingerprint density at radius 2 is 2.04 bits per heavy atom. The molecule has 2 aromatic carbocycles. The normalized spacial score (nSPS) is 14.2. The first-order valence-electron chi connectivity index (χ1n) is 8.81. The molecule has 1 amide bonds. The van der Waals surface area contributed by atoms with Gasteiger partial charge in [0, 0.05) is 36.0 Å². The molecule has 0 saturated carbocycles. The number of rotatable bonds is 4. The Hall–Kier alpha value is -3.04. The van der Waals surface area contributed by atoms with Crippen molar-refractivity contribution in [3.8, 4) is 0 Å². The molecule has 1 aromatic heterocycles. The molecule has 0 radical (unpaired) electrons. The molecule has 144 valence electrons. The highest BCUT2D eigenvalue weighted by Gasteiger charge is 2.16. The van der Waals surface area contributed by atoms with Crippen molar-refractivity contribution >= 4 is 44.0 Å². The van der Waals surface area contributed by atoms with Crippen molar-refractivity contribution in [2.75, 3.05) is 36.5 Å². The number of nitrogens with zero attached hydrogens (tertiary/aromatic N) is 3. The van der Waals surface area contributed by atoms with Gasteiger partial charge in [-0.3, -0.25) is 20.2 Å². The van der Waals surface area contributed by atoms with Gasteiger partial charge in [-0.05, 0) is 37.3 Å². The zero-order valence-corrected chi connectivity index (χ0v) is 16.0. The number of morpholine rings is 1. The second-order valence-electron chi connectivity index (χ2n) is 6.48. The molecule has 1 fully saturated rings. The Bertz CT molecular complexity index is 1060. The molecule has 1 saturated heterocycles. The van der Waals surface area contributed by atoms with E-state index in [0.717, 1.165) is 42.2 Å². The number of anilines is 2. The van der Waals surface area contributed by atoms with Gasteiger partial charge in [-0.25, -0.2) is 4.98 Å². The number of benzene rings is 2. The molecule has 0 aliphatic carbocycles. The standard InChI is InChI=1S/C19H18N4O4S/c1-12-10-13(2-5-16(12)23(25)26)18(24)21-19-20-15-4-3-14(11-17(15)28-19)22-6-8-27-9-7-22/h2-5,10-11H,6-9H2,1H3,(H,20,21,24). The molecule has 4 rings (SSSR count). The van der Waals surface area contributed by atoms with Crippen LogP contribution < -0.4 is 10.2 Å². The van der Waals surface area contributed by atoms with Crippen LogP contribution in [0.4, 0.5) is 16.5 Å². The first kappa shape index (κ1) is 18.3. The fourth-order valence-electron chi connectivity index (χ4n) is 3.16. The summed E-state index contributed by atoms with van der Waals surface area (Å²) < 4.78 is 6.38. The van der Waals surface area contributed by atoms with Gasteiger partial charge in [0.2, 0.25) is 0 Å². The Morgan fingerprint density at radius 3 is 2.75 bits per heavy atom. The number of carbonyl (C=O) groups is 1. The summed E-state index contributed by atoms with van der Waals surface area (Å²) in [7, 11) is 0. The van der Waals surface area contributed by atoms with Crippen molar-refractivity contribution in [3.63, 3.8) is 0 Å². The van der Waals surface area contributed by atoms with Crippen LogP contribution in [0.3, 0.4) is 0 Å². The molecule has 9 heteroatoms. The van der Waals surface area contributed by atoms with Crippen LogP contribution in [-0.2, 0) is 4.74 Å². The number of hydrogen-bond acceptors (Lipinski definition) is 7. The highest BCUT2D eigenvalue weighted by molar-refractivity contribution is 7.22. The van der Waals surface area contributed by atoms with E-state index in [1.54, 1.807) is 6.92 Å². The van der Waals surface area contributed by atoms with E-state index in [0.29, 0.717) is 16.3 Å². The molecule has 2 heterocycles. The van der Waals surface area contributed by atoms with E-state index in [1.165, 1.54) is 29.5 Å². The van der Waals surface area contributed by atoms with Crippen molar-refractivity contribution in [3.05, 3.63) is 57.6 Å². The molecule has 0 atom stereocenters. The first-order valence-corrected chi connectivity index (χ1v) is 9.62. The number of fused-ring (bicyclic) bond motifs is 1. The van der Waals surface area contributed by atoms with Crippen molar-refractivity contribution in [2.24, 2.45) is 0 Å². The summed E-state index contributed by atoms with van der Waals surface area (Å²) in [6.45, 7) is 4.76. The number of nitrogens with one attached hydrogen (secondary N) is 1. The lowest BCUT2D eigenvalue weighted by molar-refractivity contribution is -0.385. The third kappa shape index (κ3) is 3.67. The number of thiazole rings is 1. The van der Waals surface area contributed by atoms with E-state index < -0.39 is 4.92 Å². The number of nitro benzene ring substituents is 1. The highest BCUT2D eigenvalue weighted by atomic mass is 32.1. The second kappa shape index (κ2) is 7.53. The molecule has 0 spiro atoms. The fourth-order valence-corrected chi connectivity index (χ4v) is 4.05. The summed E-state index contributed by atoms with van der Waals surface area (Å²) in [6, 6.07) is 10.4. The summed E-state index contributed by atoms with van der Waals surface area (Å²) >= 11 is 1.40. The number of aryl methyl sites for hydroxylation is 1. The molecule has 1 aliphatic rings. The molecule has 0 bridgehead atoms. The van der Waals surface area contributed by atoms with Gasteiger partial charge in [-0.2, -0.15) is 0 Å². The fraction of sp³-hybridized carbons (Fsp3) is 0.263. The van der Waals surface area contributed by atoms with Crippen LogP contribution in [0.2, 0.25) is 0 Å². The van der Waals surface area contributed by atoms with Crippen LogP contribution in [0, 0.1) is 17.0 Å². The molecule has 1 N–H and O–H groups in total. The van der Waals surface area contributed by atoms with Crippen LogP contribution >= 0.6 is 11.3 Å². The maximum Gasteiger partial charge on any atom is 0.272 e. The van der Waals surface area contributed by atoms with Gasteiger partial charge in [-0.15, -0.1) is 0 Å². The van der Waals surface area contributed by atoms with E-state index in [1.807, 2.05) is 12.1 Å². The summed E-state index contributed by atoms with van der Waals surface area (Å²) in [5.74, 6) is -0.342. The van der Waals surface area contributed by atoms with E-state index in [-0.39, 0.29) is 11.6 Å². The Labute approximate surface area is 164 Å². The van der Waals surface area contributed by atoms with Gasteiger partial charge in [0.05, 0.1) is 28.4 Å². The topological polar surface area (TPSA) is 97.6 Å². The number of nitro groups is 1. The predicted molar refractivity (Wildman–Crippen MR) is 108 cm³/mol. The van der Waals surface area contributed by atoms with Gasteiger partial charge in [0.1, 0.15) is 0 Å².